The van der Waals surface area contributed by atoms with Crippen LogP contribution in [0.5, 0.6) is 0 Å². The van der Waals surface area contributed by atoms with Gasteiger partial charge >= 0.3 is 0 Å². The van der Waals surface area contributed by atoms with Crippen LogP contribution in [-0.4, -0.2) is 15.2 Å². The lowest BCUT2D eigenvalue weighted by Gasteiger charge is -2.00. The maximum absolute atomic E-state index is 10.7. The van der Waals surface area contributed by atoms with Gasteiger partial charge in [0.15, 0.2) is 17.1 Å². The van der Waals surface area contributed by atoms with Crippen LogP contribution in [0, 0.1) is 34.0 Å². The van der Waals surface area contributed by atoms with Gasteiger partial charge in [0, 0.05) is 0 Å². The van der Waals surface area contributed by atoms with Gasteiger partial charge in [-0.15, -0.1) is 0 Å². The van der Waals surface area contributed by atoms with Crippen molar-refractivity contribution >= 4 is 16.8 Å². The molecular weight excluding hydrogens is 230 g/mol. The molecule has 1 heterocycles. The standard InChI is InChI=1S/C9H2ClN5O/c10-9(16)1-5-6(2-11)15-8(4-13)7(3-12)14-5/h1H2. The molecule has 0 aliphatic rings. The largest absolute Gasteiger partial charge is 0.281 e. The monoisotopic (exact) mass is 231 g/mol. The maximum Gasteiger partial charge on any atom is 0.227 e. The minimum Gasteiger partial charge on any atom is -0.281 e. The molecule has 0 aliphatic carbocycles. The quantitative estimate of drug-likeness (QED) is 0.681. The number of halogens is 1. The van der Waals surface area contributed by atoms with Crippen LogP contribution in [0.1, 0.15) is 22.8 Å². The Labute approximate surface area is 95.3 Å². The van der Waals surface area contributed by atoms with E-state index in [4.69, 9.17) is 27.4 Å². The molecular formula is C9H2ClN5O. The van der Waals surface area contributed by atoms with E-state index in [1.54, 1.807) is 18.2 Å². The van der Waals surface area contributed by atoms with Gasteiger partial charge in [0.25, 0.3) is 0 Å². The van der Waals surface area contributed by atoms with E-state index in [9.17, 15) is 4.79 Å². The number of rotatable bonds is 2. The van der Waals surface area contributed by atoms with Gasteiger partial charge in [-0.3, -0.25) is 4.79 Å². The van der Waals surface area contributed by atoms with Crippen molar-refractivity contribution in [1.82, 2.24) is 9.97 Å². The Morgan fingerprint density at radius 1 is 1.06 bits per heavy atom. The lowest BCUT2D eigenvalue weighted by molar-refractivity contribution is -0.111. The Morgan fingerprint density at radius 2 is 1.56 bits per heavy atom. The predicted octanol–water partition coefficient (Wildman–Crippen LogP) is 0.400. The summed E-state index contributed by atoms with van der Waals surface area (Å²) in [5.41, 5.74) is -0.651. The average Bonchev–Trinajstić information content (AvgIpc) is 2.27. The number of carbonyl (C=O) groups excluding carboxylic acids is 1. The highest BCUT2D eigenvalue weighted by Crippen LogP contribution is 2.09. The molecule has 0 saturated heterocycles. The van der Waals surface area contributed by atoms with Crippen LogP contribution >= 0.6 is 11.6 Å². The molecule has 0 radical (unpaired) electrons. The van der Waals surface area contributed by atoms with Gasteiger partial charge in [-0.2, -0.15) is 15.8 Å². The molecule has 0 atom stereocenters. The zero-order valence-electron chi connectivity index (χ0n) is 7.73. The minimum absolute atomic E-state index is 0.00181. The Balaban J connectivity index is 3.42. The van der Waals surface area contributed by atoms with Crippen LogP contribution in [-0.2, 0) is 11.2 Å². The molecule has 1 aromatic heterocycles. The first kappa shape index (κ1) is 11.6. The van der Waals surface area contributed by atoms with Crippen LogP contribution in [0.25, 0.3) is 0 Å². The molecule has 76 valence electrons. The topological polar surface area (TPSA) is 114 Å². The van der Waals surface area contributed by atoms with Gasteiger partial charge in [-0.1, -0.05) is 0 Å². The van der Waals surface area contributed by atoms with Gasteiger partial charge in [-0.25, -0.2) is 9.97 Å². The maximum atomic E-state index is 10.7. The lowest BCUT2D eigenvalue weighted by Crippen LogP contribution is -2.07. The molecule has 0 saturated carbocycles. The van der Waals surface area contributed by atoms with Crippen molar-refractivity contribution in [3.8, 4) is 18.2 Å². The first-order valence-corrected chi connectivity index (χ1v) is 4.29. The second kappa shape index (κ2) is 4.84. The van der Waals surface area contributed by atoms with Crippen LogP contribution in [0.4, 0.5) is 0 Å². The summed E-state index contributed by atoms with van der Waals surface area (Å²) in [6, 6.07) is 4.97. The summed E-state index contributed by atoms with van der Waals surface area (Å²) in [7, 11) is 0. The Morgan fingerprint density at radius 3 is 2.00 bits per heavy atom. The summed E-state index contributed by atoms with van der Waals surface area (Å²) in [6.45, 7) is 0. The third kappa shape index (κ3) is 2.30. The van der Waals surface area contributed by atoms with E-state index in [2.05, 4.69) is 9.97 Å². The molecule has 16 heavy (non-hydrogen) atoms. The highest BCUT2D eigenvalue weighted by atomic mass is 35.5. The molecule has 1 rings (SSSR count). The number of hydrogen-bond acceptors (Lipinski definition) is 6. The molecule has 0 aliphatic heterocycles. The van der Waals surface area contributed by atoms with Gasteiger partial charge in [0.05, 0.1) is 12.1 Å². The highest BCUT2D eigenvalue weighted by Gasteiger charge is 2.14. The predicted molar refractivity (Wildman–Crippen MR) is 50.7 cm³/mol. The Bertz CT molecular complexity index is 575. The van der Waals surface area contributed by atoms with Crippen LogP contribution in [0.2, 0.25) is 0 Å². The molecule has 0 fully saturated rings. The summed E-state index contributed by atoms with van der Waals surface area (Å²) < 4.78 is 0. The van der Waals surface area contributed by atoms with E-state index in [-0.39, 0.29) is 29.2 Å². The number of nitrogens with zero attached hydrogens (tertiary/aromatic N) is 5. The molecule has 0 bridgehead atoms. The van der Waals surface area contributed by atoms with Gasteiger partial charge < -0.3 is 0 Å². The van der Waals surface area contributed by atoms with Crippen LogP contribution in [0.15, 0.2) is 0 Å². The molecule has 7 heteroatoms. The average molecular weight is 232 g/mol. The third-order valence-electron chi connectivity index (χ3n) is 1.59. The van der Waals surface area contributed by atoms with E-state index in [0.29, 0.717) is 0 Å². The summed E-state index contributed by atoms with van der Waals surface area (Å²) in [5, 5.41) is 25.3. The molecule has 0 unspecified atom stereocenters. The van der Waals surface area contributed by atoms with E-state index < -0.39 is 5.24 Å². The fourth-order valence-electron chi connectivity index (χ4n) is 0.970. The second-order valence-corrected chi connectivity index (χ2v) is 3.00. The van der Waals surface area contributed by atoms with Crippen molar-refractivity contribution in [2.45, 2.75) is 6.42 Å². The summed E-state index contributed by atoms with van der Waals surface area (Å²) in [5.74, 6) is 0. The molecule has 0 spiro atoms. The van der Waals surface area contributed by atoms with Crippen molar-refractivity contribution in [2.75, 3.05) is 0 Å². The van der Waals surface area contributed by atoms with Crippen molar-refractivity contribution in [1.29, 1.82) is 15.8 Å². The zero-order chi connectivity index (χ0) is 12.1. The van der Waals surface area contributed by atoms with Gasteiger partial charge in [-0.05, 0) is 11.6 Å². The smallest absolute Gasteiger partial charge is 0.227 e. The van der Waals surface area contributed by atoms with E-state index in [0.717, 1.165) is 0 Å². The van der Waals surface area contributed by atoms with Crippen LogP contribution in [0.3, 0.4) is 0 Å². The second-order valence-electron chi connectivity index (χ2n) is 2.58. The summed E-state index contributed by atoms with van der Waals surface area (Å²) >= 11 is 5.15. The van der Waals surface area contributed by atoms with Crippen molar-refractivity contribution in [2.24, 2.45) is 0 Å². The SMILES string of the molecule is N#Cc1nc(C#N)c(CC(=O)Cl)nc1C#N. The Kier molecular flexibility index (Phi) is 3.50. The first-order valence-electron chi connectivity index (χ1n) is 3.92. The zero-order valence-corrected chi connectivity index (χ0v) is 8.49. The molecule has 0 aromatic carbocycles. The van der Waals surface area contributed by atoms with E-state index in [1.165, 1.54) is 0 Å². The molecule has 6 nitrogen and oxygen atoms in total. The fourth-order valence-corrected chi connectivity index (χ4v) is 1.10. The first-order chi connectivity index (χ1) is 7.62. The number of carbonyl (C=O) groups is 1. The number of nitriles is 3. The van der Waals surface area contributed by atoms with Crippen LogP contribution < -0.4 is 0 Å². The number of aromatic nitrogens is 2. The van der Waals surface area contributed by atoms with Crippen molar-refractivity contribution < 1.29 is 4.79 Å². The van der Waals surface area contributed by atoms with E-state index in [1.807, 2.05) is 0 Å². The van der Waals surface area contributed by atoms with Gasteiger partial charge in [0.1, 0.15) is 18.2 Å². The normalized spacial score (nSPS) is 8.62. The lowest BCUT2D eigenvalue weighted by atomic mass is 10.2. The molecule has 0 amide bonds. The summed E-state index contributed by atoms with van der Waals surface area (Å²) in [4.78, 5) is 18.0. The minimum atomic E-state index is -0.723. The van der Waals surface area contributed by atoms with Crippen molar-refractivity contribution in [3.63, 3.8) is 0 Å². The summed E-state index contributed by atoms with van der Waals surface area (Å²) in [6.07, 6.45) is -0.308. The molecule has 0 N–H and O–H groups in total. The van der Waals surface area contributed by atoms with E-state index >= 15 is 0 Å². The van der Waals surface area contributed by atoms with Crippen molar-refractivity contribution in [3.05, 3.63) is 22.8 Å². The highest BCUT2D eigenvalue weighted by molar-refractivity contribution is 6.63. The number of hydrogen-bond donors (Lipinski definition) is 0. The van der Waals surface area contributed by atoms with Gasteiger partial charge in [0.2, 0.25) is 5.24 Å². The fraction of sp³-hybridized carbons (Fsp3) is 0.111. The third-order valence-corrected chi connectivity index (χ3v) is 1.73. The molecule has 1 aromatic rings. The Hall–Kier alpha value is -2.49.